The Bertz CT molecular complexity index is 394. The van der Waals surface area contributed by atoms with Gasteiger partial charge in [0.2, 0.25) is 0 Å². The Morgan fingerprint density at radius 2 is 2.11 bits per heavy atom. The minimum absolute atomic E-state index is 0.0759. The molecule has 1 aromatic heterocycles. The topological polar surface area (TPSA) is 48.1 Å². The number of nitrogens with zero attached hydrogens (tertiary/aromatic N) is 1. The van der Waals surface area contributed by atoms with Gasteiger partial charge in [0.15, 0.2) is 0 Å². The Morgan fingerprint density at radius 1 is 1.42 bits per heavy atom. The van der Waals surface area contributed by atoms with Crippen LogP contribution in [0.1, 0.15) is 56.8 Å². The Morgan fingerprint density at radius 3 is 2.63 bits per heavy atom. The predicted molar refractivity (Wildman–Crippen MR) is 77.9 cm³/mol. The molecule has 0 spiro atoms. The van der Waals surface area contributed by atoms with Crippen LogP contribution in [0.15, 0.2) is 18.3 Å². The molecular formula is C16H26N2O. The fourth-order valence-corrected chi connectivity index (χ4v) is 3.05. The number of hydrogen-bond acceptors (Lipinski definition) is 3. The van der Waals surface area contributed by atoms with Crippen LogP contribution in [0.4, 0.5) is 0 Å². The Labute approximate surface area is 116 Å². The molecule has 19 heavy (non-hydrogen) atoms. The molecule has 1 aliphatic rings. The molecule has 1 aliphatic carbocycles. The van der Waals surface area contributed by atoms with Gasteiger partial charge in [-0.15, -0.1) is 0 Å². The molecule has 1 heterocycles. The van der Waals surface area contributed by atoms with E-state index in [9.17, 15) is 0 Å². The van der Waals surface area contributed by atoms with Crippen LogP contribution < -0.4 is 5.73 Å². The molecule has 0 aliphatic heterocycles. The smallest absolute Gasteiger partial charge is 0.0874 e. The summed E-state index contributed by atoms with van der Waals surface area (Å²) in [6, 6.07) is 4.04. The van der Waals surface area contributed by atoms with Crippen LogP contribution in [-0.2, 0) is 4.74 Å². The molecule has 1 aromatic rings. The van der Waals surface area contributed by atoms with Crippen LogP contribution >= 0.6 is 0 Å². The average molecular weight is 262 g/mol. The second kappa shape index (κ2) is 6.02. The van der Waals surface area contributed by atoms with Gasteiger partial charge in [-0.1, -0.05) is 13.0 Å². The third-order valence-electron chi connectivity index (χ3n) is 4.41. The molecule has 0 radical (unpaired) electrons. The van der Waals surface area contributed by atoms with E-state index in [4.69, 9.17) is 10.5 Å². The SMILES string of the molecule is CCOC1(C(N)c2ccc(C)nc2)CCC(C)CC1. The zero-order valence-electron chi connectivity index (χ0n) is 12.4. The van der Waals surface area contributed by atoms with E-state index in [0.29, 0.717) is 0 Å². The maximum absolute atomic E-state index is 6.52. The summed E-state index contributed by atoms with van der Waals surface area (Å²) in [6.07, 6.45) is 6.41. The lowest BCUT2D eigenvalue weighted by molar-refractivity contribution is -0.0897. The van der Waals surface area contributed by atoms with E-state index in [2.05, 4.69) is 24.9 Å². The van der Waals surface area contributed by atoms with Crippen molar-refractivity contribution in [2.75, 3.05) is 6.61 Å². The van der Waals surface area contributed by atoms with Gasteiger partial charge in [-0.3, -0.25) is 4.98 Å². The third-order valence-corrected chi connectivity index (χ3v) is 4.41. The fraction of sp³-hybridized carbons (Fsp3) is 0.688. The summed E-state index contributed by atoms with van der Waals surface area (Å²) < 4.78 is 6.11. The highest BCUT2D eigenvalue weighted by Gasteiger charge is 2.41. The normalized spacial score (nSPS) is 29.2. The maximum atomic E-state index is 6.52. The van der Waals surface area contributed by atoms with Crippen LogP contribution in [0, 0.1) is 12.8 Å². The van der Waals surface area contributed by atoms with Crippen LogP contribution in [0.25, 0.3) is 0 Å². The molecular weight excluding hydrogens is 236 g/mol. The second-order valence-corrected chi connectivity index (χ2v) is 5.89. The van der Waals surface area contributed by atoms with Crippen molar-refractivity contribution in [1.82, 2.24) is 4.98 Å². The van der Waals surface area contributed by atoms with Crippen LogP contribution in [-0.4, -0.2) is 17.2 Å². The second-order valence-electron chi connectivity index (χ2n) is 5.89. The Kier molecular flexibility index (Phi) is 4.58. The molecule has 3 heteroatoms. The van der Waals surface area contributed by atoms with Crippen molar-refractivity contribution in [3.05, 3.63) is 29.6 Å². The van der Waals surface area contributed by atoms with Crippen molar-refractivity contribution in [3.8, 4) is 0 Å². The highest BCUT2D eigenvalue weighted by atomic mass is 16.5. The van der Waals surface area contributed by atoms with Crippen LogP contribution in [0.3, 0.4) is 0 Å². The largest absolute Gasteiger partial charge is 0.373 e. The molecule has 2 rings (SSSR count). The number of aromatic nitrogens is 1. The third kappa shape index (κ3) is 3.15. The Balaban J connectivity index is 2.20. The summed E-state index contributed by atoms with van der Waals surface area (Å²) in [7, 11) is 0. The summed E-state index contributed by atoms with van der Waals surface area (Å²) >= 11 is 0. The van der Waals surface area contributed by atoms with Gasteiger partial charge in [-0.25, -0.2) is 0 Å². The molecule has 1 atom stereocenters. The first-order chi connectivity index (χ1) is 9.07. The zero-order chi connectivity index (χ0) is 13.9. The maximum Gasteiger partial charge on any atom is 0.0874 e. The van der Waals surface area contributed by atoms with Crippen molar-refractivity contribution in [2.24, 2.45) is 11.7 Å². The number of aryl methyl sites for hydroxylation is 1. The van der Waals surface area contributed by atoms with Crippen LogP contribution in [0.2, 0.25) is 0 Å². The minimum atomic E-state index is -0.196. The van der Waals surface area contributed by atoms with Gasteiger partial charge in [-0.2, -0.15) is 0 Å². The van der Waals surface area contributed by atoms with Gasteiger partial charge in [0.1, 0.15) is 0 Å². The van der Waals surface area contributed by atoms with Gasteiger partial charge in [-0.05, 0) is 57.1 Å². The lowest BCUT2D eigenvalue weighted by atomic mass is 9.74. The lowest BCUT2D eigenvalue weighted by Crippen LogP contribution is -2.46. The van der Waals surface area contributed by atoms with E-state index in [0.717, 1.165) is 36.6 Å². The predicted octanol–water partition coefficient (Wildman–Crippen LogP) is 3.38. The molecule has 1 fully saturated rings. The fourth-order valence-electron chi connectivity index (χ4n) is 3.05. The van der Waals surface area contributed by atoms with Crippen molar-refractivity contribution in [2.45, 2.75) is 58.1 Å². The zero-order valence-corrected chi connectivity index (χ0v) is 12.4. The number of pyridine rings is 1. The van der Waals surface area contributed by atoms with E-state index in [1.807, 2.05) is 19.2 Å². The summed E-state index contributed by atoms with van der Waals surface area (Å²) in [5.41, 5.74) is 8.44. The van der Waals surface area contributed by atoms with E-state index in [1.165, 1.54) is 12.8 Å². The molecule has 1 saturated carbocycles. The monoisotopic (exact) mass is 262 g/mol. The molecule has 3 nitrogen and oxygen atoms in total. The average Bonchev–Trinajstić information content (AvgIpc) is 2.42. The van der Waals surface area contributed by atoms with Crippen molar-refractivity contribution in [3.63, 3.8) is 0 Å². The quantitative estimate of drug-likeness (QED) is 0.905. The van der Waals surface area contributed by atoms with Gasteiger partial charge in [0.05, 0.1) is 11.6 Å². The first-order valence-electron chi connectivity index (χ1n) is 7.39. The molecule has 0 aromatic carbocycles. The first kappa shape index (κ1) is 14.5. The van der Waals surface area contributed by atoms with Crippen molar-refractivity contribution < 1.29 is 4.74 Å². The summed E-state index contributed by atoms with van der Waals surface area (Å²) in [5, 5.41) is 0. The van der Waals surface area contributed by atoms with E-state index in [1.54, 1.807) is 0 Å². The number of hydrogen-bond donors (Lipinski definition) is 1. The van der Waals surface area contributed by atoms with Gasteiger partial charge in [0.25, 0.3) is 0 Å². The first-order valence-corrected chi connectivity index (χ1v) is 7.39. The van der Waals surface area contributed by atoms with Gasteiger partial charge in [0, 0.05) is 18.5 Å². The number of rotatable bonds is 4. The van der Waals surface area contributed by atoms with Gasteiger partial charge < -0.3 is 10.5 Å². The van der Waals surface area contributed by atoms with E-state index >= 15 is 0 Å². The lowest BCUT2D eigenvalue weighted by Gasteiger charge is -2.43. The van der Waals surface area contributed by atoms with Gasteiger partial charge >= 0.3 is 0 Å². The number of nitrogens with two attached hydrogens (primary N) is 1. The van der Waals surface area contributed by atoms with Crippen molar-refractivity contribution in [1.29, 1.82) is 0 Å². The summed E-state index contributed by atoms with van der Waals surface area (Å²) in [6.45, 7) is 7.09. The number of ether oxygens (including phenoxy) is 1. The highest BCUT2D eigenvalue weighted by molar-refractivity contribution is 5.21. The standard InChI is InChI=1S/C16H26N2O/c1-4-19-16(9-7-12(2)8-10-16)15(17)14-6-5-13(3)18-11-14/h5-6,11-12,15H,4,7-10,17H2,1-3H3. The molecule has 106 valence electrons. The molecule has 0 amide bonds. The van der Waals surface area contributed by atoms with E-state index in [-0.39, 0.29) is 11.6 Å². The highest BCUT2D eigenvalue weighted by Crippen LogP contribution is 2.41. The molecule has 0 saturated heterocycles. The summed E-state index contributed by atoms with van der Waals surface area (Å²) in [4.78, 5) is 4.37. The Hall–Kier alpha value is -0.930. The minimum Gasteiger partial charge on any atom is -0.373 e. The molecule has 2 N–H and O–H groups in total. The molecule has 0 bridgehead atoms. The van der Waals surface area contributed by atoms with E-state index < -0.39 is 0 Å². The van der Waals surface area contributed by atoms with Crippen molar-refractivity contribution >= 4 is 0 Å². The molecule has 1 unspecified atom stereocenters. The van der Waals surface area contributed by atoms with Crippen LogP contribution in [0.5, 0.6) is 0 Å². The summed E-state index contributed by atoms with van der Waals surface area (Å²) in [5.74, 6) is 0.789.